The van der Waals surface area contributed by atoms with Gasteiger partial charge in [-0.25, -0.2) is 18.4 Å². The first kappa shape index (κ1) is 38.6. The lowest BCUT2D eigenvalue weighted by Gasteiger charge is -2.21. The molecule has 0 unspecified atom stereocenters. The number of hydrogen-bond acceptors (Lipinski definition) is 7. The highest BCUT2D eigenvalue weighted by Gasteiger charge is 2.22. The predicted molar refractivity (Wildman–Crippen MR) is 211 cm³/mol. The second-order valence-electron chi connectivity index (χ2n) is 14.1. The summed E-state index contributed by atoms with van der Waals surface area (Å²) in [5.41, 5.74) is 4.00. The average Bonchev–Trinajstić information content (AvgIpc) is 3.09. The molecule has 0 aliphatic rings. The van der Waals surface area contributed by atoms with E-state index in [4.69, 9.17) is 9.47 Å². The minimum atomic E-state index is -0.623. The van der Waals surface area contributed by atoms with Gasteiger partial charge in [-0.05, 0) is 131 Å². The number of nitrogens with zero attached hydrogens (tertiary/aromatic N) is 1. The molecule has 53 heavy (non-hydrogen) atoms. The van der Waals surface area contributed by atoms with Crippen LogP contribution >= 0.6 is 15.9 Å². The third kappa shape index (κ3) is 10.9. The van der Waals surface area contributed by atoms with Crippen LogP contribution in [-0.2, 0) is 9.47 Å². The number of nitrogens with one attached hydrogen (secondary N) is 2. The van der Waals surface area contributed by atoms with Crippen molar-refractivity contribution in [3.8, 4) is 11.1 Å². The maximum atomic E-state index is 13.3. The van der Waals surface area contributed by atoms with Gasteiger partial charge < -0.3 is 20.1 Å². The van der Waals surface area contributed by atoms with Crippen LogP contribution in [-0.4, -0.2) is 28.1 Å². The second-order valence-corrected chi connectivity index (χ2v) is 15.0. The van der Waals surface area contributed by atoms with Gasteiger partial charge in [0.05, 0.1) is 22.5 Å². The van der Waals surface area contributed by atoms with Crippen LogP contribution in [0.5, 0.6) is 0 Å². The summed E-state index contributed by atoms with van der Waals surface area (Å²) in [6.45, 7) is 10.9. The molecule has 6 aromatic rings. The van der Waals surface area contributed by atoms with E-state index >= 15 is 0 Å². The molecule has 7 nitrogen and oxygen atoms in total. The fourth-order valence-electron chi connectivity index (χ4n) is 5.18. The molecule has 1 heterocycles. The topological polar surface area (TPSA) is 89.6 Å². The number of aromatic nitrogens is 1. The van der Waals surface area contributed by atoms with E-state index in [1.54, 1.807) is 48.5 Å². The molecule has 0 saturated carbocycles. The third-order valence-corrected chi connectivity index (χ3v) is 7.96. The Morgan fingerprint density at radius 3 is 1.64 bits per heavy atom. The quantitative estimate of drug-likeness (QED) is 0.156. The fraction of sp³-hybridized carbons (Fsp3) is 0.186. The van der Waals surface area contributed by atoms with Gasteiger partial charge in [0.2, 0.25) is 0 Å². The van der Waals surface area contributed by atoms with Gasteiger partial charge in [0, 0.05) is 39.2 Å². The molecule has 0 aliphatic carbocycles. The summed E-state index contributed by atoms with van der Waals surface area (Å²) in [5, 5.41) is 8.44. The van der Waals surface area contributed by atoms with Crippen molar-refractivity contribution in [2.75, 3.05) is 10.6 Å². The first-order valence-corrected chi connectivity index (χ1v) is 17.6. The van der Waals surface area contributed by atoms with E-state index in [2.05, 4.69) is 31.5 Å². The van der Waals surface area contributed by atoms with E-state index in [9.17, 15) is 18.4 Å². The number of fused-ring (bicyclic) bond motifs is 1. The van der Waals surface area contributed by atoms with Crippen LogP contribution in [0.4, 0.5) is 31.5 Å². The summed E-state index contributed by atoms with van der Waals surface area (Å²) in [5.74, 6) is -1.48. The molecule has 6 rings (SSSR count). The summed E-state index contributed by atoms with van der Waals surface area (Å²) in [7, 11) is 0. The predicted octanol–water partition coefficient (Wildman–Crippen LogP) is 12.0. The van der Waals surface area contributed by atoms with Gasteiger partial charge in [-0.3, -0.25) is 4.98 Å². The maximum Gasteiger partial charge on any atom is 0.340 e. The van der Waals surface area contributed by atoms with Crippen LogP contribution in [0.3, 0.4) is 0 Å². The van der Waals surface area contributed by atoms with E-state index in [0.717, 1.165) is 26.4 Å². The van der Waals surface area contributed by atoms with E-state index < -0.39 is 23.1 Å². The first-order chi connectivity index (χ1) is 25.0. The minimum Gasteiger partial charge on any atom is -0.456 e. The van der Waals surface area contributed by atoms with Crippen LogP contribution in [0.1, 0.15) is 62.3 Å². The molecule has 10 heteroatoms. The highest BCUT2D eigenvalue weighted by molar-refractivity contribution is 9.10. The van der Waals surface area contributed by atoms with Gasteiger partial charge in [-0.1, -0.05) is 46.3 Å². The molecule has 0 spiro atoms. The van der Waals surface area contributed by atoms with Crippen LogP contribution in [0.2, 0.25) is 0 Å². The summed E-state index contributed by atoms with van der Waals surface area (Å²) in [6.07, 6.45) is 3.64. The standard InChI is InChI=1S/C26H23FN2O2.C17H17BrFNO2/c1-26(2,3)31-25(30)22-13-8-17(14-24(22)29-20-11-9-19(27)10-12-20)23-16-28-15-18-6-4-5-7-21(18)23;1-17(2,3)22-16(21)14-9-4-11(18)10-15(14)20-13-7-5-12(19)6-8-13/h4-16,29H,1-3H3;4-10,20H,1-3H3. The number of anilines is 4. The molecule has 0 aliphatic heterocycles. The van der Waals surface area contributed by atoms with Crippen molar-refractivity contribution in [3.05, 3.63) is 149 Å². The molecular formula is C43H40BrF2N3O4. The van der Waals surface area contributed by atoms with Crippen LogP contribution in [0, 0.1) is 11.6 Å². The molecule has 272 valence electrons. The second kappa shape index (κ2) is 16.4. The monoisotopic (exact) mass is 779 g/mol. The maximum absolute atomic E-state index is 13.3. The molecular weight excluding hydrogens is 740 g/mol. The van der Waals surface area contributed by atoms with E-state index in [1.807, 2.05) is 90.3 Å². The van der Waals surface area contributed by atoms with Crippen LogP contribution < -0.4 is 10.6 Å². The number of ether oxygens (including phenoxy) is 2. The highest BCUT2D eigenvalue weighted by Crippen LogP contribution is 2.33. The van der Waals surface area contributed by atoms with Crippen molar-refractivity contribution in [2.24, 2.45) is 0 Å². The van der Waals surface area contributed by atoms with Gasteiger partial charge in [-0.15, -0.1) is 0 Å². The van der Waals surface area contributed by atoms with E-state index in [1.165, 1.54) is 24.3 Å². The molecule has 0 amide bonds. The van der Waals surface area contributed by atoms with E-state index in [-0.39, 0.29) is 11.6 Å². The molecule has 0 atom stereocenters. The molecule has 0 radical (unpaired) electrons. The molecule has 2 N–H and O–H groups in total. The van der Waals surface area contributed by atoms with Crippen LogP contribution in [0.15, 0.2) is 126 Å². The Kier molecular flexibility index (Phi) is 11.9. The minimum absolute atomic E-state index is 0.313. The van der Waals surface area contributed by atoms with E-state index in [0.29, 0.717) is 33.9 Å². The van der Waals surface area contributed by atoms with Gasteiger partial charge in [0.25, 0.3) is 0 Å². The van der Waals surface area contributed by atoms with Crippen molar-refractivity contribution >= 4 is 61.4 Å². The van der Waals surface area contributed by atoms with Crippen molar-refractivity contribution in [1.29, 1.82) is 0 Å². The Bertz CT molecular complexity index is 2220. The largest absolute Gasteiger partial charge is 0.456 e. The number of halogens is 3. The lowest BCUT2D eigenvalue weighted by molar-refractivity contribution is 0.00581. The Labute approximate surface area is 316 Å². The number of carbonyl (C=O) groups is 2. The van der Waals surface area contributed by atoms with Crippen molar-refractivity contribution < 1.29 is 27.8 Å². The molecule has 0 bridgehead atoms. The zero-order valence-corrected chi connectivity index (χ0v) is 31.8. The Balaban J connectivity index is 0.000000217. The number of carbonyl (C=O) groups excluding carboxylic acids is 2. The lowest BCUT2D eigenvalue weighted by atomic mass is 9.98. The fourth-order valence-corrected chi connectivity index (χ4v) is 5.54. The highest BCUT2D eigenvalue weighted by atomic mass is 79.9. The molecule has 0 fully saturated rings. The average molecular weight is 781 g/mol. The zero-order chi connectivity index (χ0) is 38.3. The van der Waals surface area contributed by atoms with Gasteiger partial charge in [-0.2, -0.15) is 0 Å². The van der Waals surface area contributed by atoms with Crippen molar-refractivity contribution in [1.82, 2.24) is 4.98 Å². The lowest BCUT2D eigenvalue weighted by Crippen LogP contribution is -2.24. The molecule has 5 aromatic carbocycles. The Morgan fingerprint density at radius 2 is 1.11 bits per heavy atom. The summed E-state index contributed by atoms with van der Waals surface area (Å²) in [4.78, 5) is 29.5. The molecule has 1 aromatic heterocycles. The number of benzene rings is 5. The third-order valence-electron chi connectivity index (χ3n) is 7.46. The van der Waals surface area contributed by atoms with Crippen molar-refractivity contribution in [2.45, 2.75) is 52.7 Å². The SMILES string of the molecule is CC(C)(C)OC(=O)c1ccc(-c2cncc3ccccc23)cc1Nc1ccc(F)cc1.CC(C)(C)OC(=O)c1ccc(Br)cc1Nc1ccc(F)cc1. The van der Waals surface area contributed by atoms with Gasteiger partial charge in [0.15, 0.2) is 0 Å². The van der Waals surface area contributed by atoms with Gasteiger partial charge in [0.1, 0.15) is 22.8 Å². The number of rotatable bonds is 7. The van der Waals surface area contributed by atoms with Crippen molar-refractivity contribution in [3.63, 3.8) is 0 Å². The number of pyridine rings is 1. The summed E-state index contributed by atoms with van der Waals surface area (Å²) < 4.78 is 38.1. The molecule has 0 saturated heterocycles. The van der Waals surface area contributed by atoms with Gasteiger partial charge >= 0.3 is 11.9 Å². The Morgan fingerprint density at radius 1 is 0.623 bits per heavy atom. The first-order valence-electron chi connectivity index (χ1n) is 16.8. The van der Waals surface area contributed by atoms with Crippen LogP contribution in [0.25, 0.3) is 21.9 Å². The smallest absolute Gasteiger partial charge is 0.340 e. The summed E-state index contributed by atoms with van der Waals surface area (Å²) in [6, 6.07) is 30.7. The summed E-state index contributed by atoms with van der Waals surface area (Å²) >= 11 is 3.38. The zero-order valence-electron chi connectivity index (χ0n) is 30.3. The number of hydrogen-bond donors (Lipinski definition) is 2. The Hall–Kier alpha value is -5.61. The number of esters is 2. The normalized spacial score (nSPS) is 11.3.